The molecule has 1 aromatic rings. The van der Waals surface area contributed by atoms with Gasteiger partial charge < -0.3 is 4.74 Å². The first-order valence-corrected chi connectivity index (χ1v) is 5.33. The van der Waals surface area contributed by atoms with Gasteiger partial charge in [0.05, 0.1) is 5.56 Å². The molecular formula is C12H15NO2. The Morgan fingerprint density at radius 1 is 1.47 bits per heavy atom. The quantitative estimate of drug-likeness (QED) is 0.802. The van der Waals surface area contributed by atoms with E-state index in [0.29, 0.717) is 17.7 Å². The molecule has 1 aliphatic heterocycles. The number of nitrogens with one attached hydrogen (secondary N) is 1. The van der Waals surface area contributed by atoms with E-state index in [2.05, 4.69) is 5.32 Å². The zero-order valence-electron chi connectivity index (χ0n) is 8.82. The van der Waals surface area contributed by atoms with Gasteiger partial charge in [0.15, 0.2) is 12.0 Å². The van der Waals surface area contributed by atoms with E-state index in [-0.39, 0.29) is 12.0 Å². The molecule has 2 rings (SSSR count). The third-order valence-corrected chi connectivity index (χ3v) is 2.52. The summed E-state index contributed by atoms with van der Waals surface area (Å²) in [6, 6.07) is 7.43. The molecule has 0 spiro atoms. The van der Waals surface area contributed by atoms with Crippen LogP contribution >= 0.6 is 0 Å². The van der Waals surface area contributed by atoms with E-state index >= 15 is 0 Å². The summed E-state index contributed by atoms with van der Waals surface area (Å²) in [6.45, 7) is 2.88. The lowest BCUT2D eigenvalue weighted by Crippen LogP contribution is -2.33. The molecule has 0 saturated carbocycles. The molecule has 0 aliphatic carbocycles. The van der Waals surface area contributed by atoms with Crippen LogP contribution < -0.4 is 10.1 Å². The number of hydrogen-bond acceptors (Lipinski definition) is 3. The van der Waals surface area contributed by atoms with E-state index in [1.807, 2.05) is 31.2 Å². The van der Waals surface area contributed by atoms with E-state index in [4.69, 9.17) is 4.74 Å². The number of carbonyl (C=O) groups excluding carboxylic acids is 1. The van der Waals surface area contributed by atoms with Crippen molar-refractivity contribution in [1.29, 1.82) is 0 Å². The predicted octanol–water partition coefficient (Wildman–Crippen LogP) is 1.98. The summed E-state index contributed by atoms with van der Waals surface area (Å²) >= 11 is 0. The van der Waals surface area contributed by atoms with Crippen LogP contribution in [0.3, 0.4) is 0 Å². The number of hydrogen-bond donors (Lipinski definition) is 1. The number of ether oxygens (including phenoxy) is 1. The SMILES string of the molecule is CCNC1CCC(=O)c2ccccc2O1. The highest BCUT2D eigenvalue weighted by Crippen LogP contribution is 2.25. The molecule has 1 atom stereocenters. The monoisotopic (exact) mass is 205 g/mol. The zero-order chi connectivity index (χ0) is 10.7. The van der Waals surface area contributed by atoms with Gasteiger partial charge in [-0.25, -0.2) is 0 Å². The second-order valence-electron chi connectivity index (χ2n) is 3.62. The van der Waals surface area contributed by atoms with E-state index in [9.17, 15) is 4.79 Å². The normalized spacial score (nSPS) is 20.3. The molecule has 3 nitrogen and oxygen atoms in total. The Morgan fingerprint density at radius 3 is 3.07 bits per heavy atom. The summed E-state index contributed by atoms with van der Waals surface area (Å²) in [6.07, 6.45) is 1.25. The Morgan fingerprint density at radius 2 is 2.27 bits per heavy atom. The van der Waals surface area contributed by atoms with Crippen LogP contribution in [0.25, 0.3) is 0 Å². The van der Waals surface area contributed by atoms with Crippen molar-refractivity contribution in [1.82, 2.24) is 5.32 Å². The Labute approximate surface area is 89.4 Å². The van der Waals surface area contributed by atoms with Crippen molar-refractivity contribution >= 4 is 5.78 Å². The number of ketones is 1. The van der Waals surface area contributed by atoms with Crippen molar-refractivity contribution in [3.63, 3.8) is 0 Å². The van der Waals surface area contributed by atoms with E-state index in [1.165, 1.54) is 0 Å². The van der Waals surface area contributed by atoms with E-state index in [0.717, 1.165) is 13.0 Å². The van der Waals surface area contributed by atoms with Crippen LogP contribution in [-0.2, 0) is 0 Å². The lowest BCUT2D eigenvalue weighted by Gasteiger charge is -2.17. The maximum atomic E-state index is 11.7. The first-order valence-electron chi connectivity index (χ1n) is 5.33. The van der Waals surface area contributed by atoms with Gasteiger partial charge in [0.25, 0.3) is 0 Å². The van der Waals surface area contributed by atoms with Crippen molar-refractivity contribution in [3.05, 3.63) is 29.8 Å². The Balaban J connectivity index is 2.25. The van der Waals surface area contributed by atoms with Crippen molar-refractivity contribution in [2.75, 3.05) is 6.54 Å². The molecule has 80 valence electrons. The van der Waals surface area contributed by atoms with Crippen molar-refractivity contribution in [2.45, 2.75) is 26.0 Å². The second-order valence-corrected chi connectivity index (χ2v) is 3.62. The number of rotatable bonds is 2. The molecular weight excluding hydrogens is 190 g/mol. The minimum absolute atomic E-state index is 0.0393. The van der Waals surface area contributed by atoms with E-state index < -0.39 is 0 Å². The maximum Gasteiger partial charge on any atom is 0.166 e. The lowest BCUT2D eigenvalue weighted by atomic mass is 10.1. The minimum atomic E-state index is -0.0393. The molecule has 0 radical (unpaired) electrons. The average Bonchev–Trinajstić information content (AvgIpc) is 2.40. The summed E-state index contributed by atoms with van der Waals surface area (Å²) in [4.78, 5) is 11.7. The van der Waals surface area contributed by atoms with Crippen LogP contribution in [0.4, 0.5) is 0 Å². The standard InChI is InChI=1S/C12H15NO2/c1-2-13-12-8-7-10(14)9-5-3-4-6-11(9)15-12/h3-6,12-13H,2,7-8H2,1H3. The molecule has 1 aliphatic rings. The molecule has 0 saturated heterocycles. The minimum Gasteiger partial charge on any atom is -0.475 e. The predicted molar refractivity (Wildman–Crippen MR) is 58.1 cm³/mol. The summed E-state index contributed by atoms with van der Waals surface area (Å²) in [5.41, 5.74) is 0.706. The molecule has 1 unspecified atom stereocenters. The van der Waals surface area contributed by atoms with Gasteiger partial charge in [-0.15, -0.1) is 0 Å². The van der Waals surface area contributed by atoms with E-state index in [1.54, 1.807) is 0 Å². The molecule has 1 aromatic carbocycles. The first-order chi connectivity index (χ1) is 7.31. The Kier molecular flexibility index (Phi) is 3.02. The third-order valence-electron chi connectivity index (χ3n) is 2.52. The largest absolute Gasteiger partial charge is 0.475 e. The number of para-hydroxylation sites is 1. The third kappa shape index (κ3) is 2.18. The van der Waals surface area contributed by atoms with Crippen LogP contribution in [0.15, 0.2) is 24.3 Å². The van der Waals surface area contributed by atoms with Gasteiger partial charge in [-0.2, -0.15) is 0 Å². The fourth-order valence-electron chi connectivity index (χ4n) is 1.78. The van der Waals surface area contributed by atoms with Gasteiger partial charge in [-0.05, 0) is 18.7 Å². The smallest absolute Gasteiger partial charge is 0.166 e. The Hall–Kier alpha value is -1.35. The van der Waals surface area contributed by atoms with Crippen molar-refractivity contribution in [2.24, 2.45) is 0 Å². The molecule has 15 heavy (non-hydrogen) atoms. The summed E-state index contributed by atoms with van der Waals surface area (Å²) in [5.74, 6) is 0.872. The molecule has 0 amide bonds. The molecule has 0 fully saturated rings. The average molecular weight is 205 g/mol. The topological polar surface area (TPSA) is 38.3 Å². The van der Waals surface area contributed by atoms with Gasteiger partial charge in [-0.3, -0.25) is 10.1 Å². The highest BCUT2D eigenvalue weighted by Gasteiger charge is 2.21. The summed E-state index contributed by atoms with van der Waals surface area (Å²) in [7, 11) is 0. The van der Waals surface area contributed by atoms with Crippen LogP contribution in [0.5, 0.6) is 5.75 Å². The van der Waals surface area contributed by atoms with Crippen LogP contribution in [0, 0.1) is 0 Å². The van der Waals surface area contributed by atoms with Crippen LogP contribution in [-0.4, -0.2) is 18.6 Å². The fourth-order valence-corrected chi connectivity index (χ4v) is 1.78. The Bertz CT molecular complexity index is 362. The van der Waals surface area contributed by atoms with Crippen molar-refractivity contribution in [3.8, 4) is 5.75 Å². The summed E-state index contributed by atoms with van der Waals surface area (Å²) < 4.78 is 5.74. The highest BCUT2D eigenvalue weighted by molar-refractivity contribution is 5.98. The second kappa shape index (κ2) is 4.45. The number of carbonyl (C=O) groups is 1. The van der Waals surface area contributed by atoms with Gasteiger partial charge in [-0.1, -0.05) is 19.1 Å². The zero-order valence-corrected chi connectivity index (χ0v) is 8.82. The number of benzene rings is 1. The maximum absolute atomic E-state index is 11.7. The first kappa shape index (κ1) is 10.2. The summed E-state index contributed by atoms with van der Waals surface area (Å²) in [5, 5.41) is 3.21. The molecule has 0 bridgehead atoms. The van der Waals surface area contributed by atoms with Crippen LogP contribution in [0.1, 0.15) is 30.1 Å². The molecule has 1 heterocycles. The molecule has 3 heteroatoms. The van der Waals surface area contributed by atoms with Crippen LogP contribution in [0.2, 0.25) is 0 Å². The van der Waals surface area contributed by atoms with Gasteiger partial charge >= 0.3 is 0 Å². The molecule has 0 aromatic heterocycles. The molecule has 1 N–H and O–H groups in total. The van der Waals surface area contributed by atoms with Gasteiger partial charge in [0.1, 0.15) is 5.75 Å². The number of Topliss-reactive ketones (excluding diaryl/α,β-unsaturated/α-hetero) is 1. The lowest BCUT2D eigenvalue weighted by molar-refractivity contribution is 0.0971. The van der Waals surface area contributed by atoms with Crippen molar-refractivity contribution < 1.29 is 9.53 Å². The highest BCUT2D eigenvalue weighted by atomic mass is 16.5. The fraction of sp³-hybridized carbons (Fsp3) is 0.417. The number of fused-ring (bicyclic) bond motifs is 1. The van der Waals surface area contributed by atoms with Gasteiger partial charge in [0.2, 0.25) is 0 Å². The van der Waals surface area contributed by atoms with Gasteiger partial charge in [0, 0.05) is 12.8 Å².